The van der Waals surface area contributed by atoms with Crippen molar-refractivity contribution in [3.63, 3.8) is 0 Å². The summed E-state index contributed by atoms with van der Waals surface area (Å²) in [5.41, 5.74) is 0. The summed E-state index contributed by atoms with van der Waals surface area (Å²) in [7, 11) is 5.95. The maximum Gasteiger partial charge on any atom is 0.306 e. The van der Waals surface area contributed by atoms with Gasteiger partial charge in [0.25, 0.3) is 0 Å². The van der Waals surface area contributed by atoms with E-state index in [0.717, 1.165) is 77.0 Å². The highest BCUT2D eigenvalue weighted by Crippen LogP contribution is 2.20. The number of rotatable bonds is 80. The van der Waals surface area contributed by atoms with E-state index < -0.39 is 24.3 Å². The lowest BCUT2D eigenvalue weighted by Crippen LogP contribution is -2.44. The van der Waals surface area contributed by atoms with E-state index in [1.165, 1.54) is 308 Å². The van der Waals surface area contributed by atoms with Crippen molar-refractivity contribution in [1.29, 1.82) is 0 Å². The van der Waals surface area contributed by atoms with Crippen molar-refractivity contribution in [3.05, 3.63) is 72.9 Å². The van der Waals surface area contributed by atoms with Crippen LogP contribution >= 0.6 is 0 Å². The summed E-state index contributed by atoms with van der Waals surface area (Å²) in [5.74, 6) is -2.26. The van der Waals surface area contributed by atoms with Crippen LogP contribution in [0.25, 0.3) is 0 Å². The first-order valence-corrected chi connectivity index (χ1v) is 42.6. The molecule has 0 heterocycles. The summed E-state index contributed by atoms with van der Waals surface area (Å²) in [5, 5.41) is 11.9. The molecule has 2 atom stereocenters. The third-order valence-electron chi connectivity index (χ3n) is 19.2. The van der Waals surface area contributed by atoms with Crippen molar-refractivity contribution in [2.24, 2.45) is 0 Å². The second kappa shape index (κ2) is 79.4. The van der Waals surface area contributed by atoms with Crippen molar-refractivity contribution >= 4 is 17.9 Å². The first kappa shape index (κ1) is 94.7. The number of carbonyl (C=O) groups is 3. The molecule has 0 saturated heterocycles. The molecule has 98 heavy (non-hydrogen) atoms. The van der Waals surface area contributed by atoms with E-state index >= 15 is 0 Å². The summed E-state index contributed by atoms with van der Waals surface area (Å²) in [4.78, 5) is 37.6. The standard InChI is InChI=1S/C89H163NO8/c1-6-8-10-12-14-16-18-20-22-24-26-28-30-32-34-36-38-40-41-42-43-44-45-46-48-49-51-53-55-57-59-61-63-65-67-69-71-73-75-77-79-86(91)96-83-85(84-97-89(88(93)94)95-82-81-90(3,4)5)98-87(92)80-78-76-74-72-70-68-66-64-62-60-58-56-54-52-50-47-39-37-35-33-31-29-27-25-23-21-19-17-15-13-11-9-7-2/h9,11,15,17,21,23,27,29,33,35,39,47,85,89H,6-8,10,12-14,16,18-20,22,24-26,28,30-32,34,36-38,40-46,48-84H2,1-5H3/b11-9-,17-15-,23-21-,29-27-,35-33-,47-39-. The molecule has 572 valence electrons. The summed E-state index contributed by atoms with van der Waals surface area (Å²) in [6.07, 6.45) is 105. The highest BCUT2D eigenvalue weighted by molar-refractivity contribution is 5.70. The lowest BCUT2D eigenvalue weighted by molar-refractivity contribution is -0.870. The third-order valence-corrected chi connectivity index (χ3v) is 19.2. The molecular weight excluding hydrogens is 1210 g/mol. The van der Waals surface area contributed by atoms with Crippen molar-refractivity contribution < 1.29 is 42.9 Å². The fourth-order valence-corrected chi connectivity index (χ4v) is 12.8. The number of aliphatic carboxylic acids is 1. The molecule has 0 fully saturated rings. The topological polar surface area (TPSA) is 111 Å². The SMILES string of the molecule is CC/C=C\C/C=C\C/C=C\C/C=C\C/C=C\C/C=C\CCCCCCCCCCCCCCCCC(=O)OC(COC(=O)CCCCCCCCCCCCCCCCCCCCCCCCCCCCCCCCCCCCCCCCCC)COC(OCC[N+](C)(C)C)C(=O)[O-]. The number of unbranched alkanes of at least 4 members (excludes halogenated alkanes) is 53. The number of hydrogen-bond donors (Lipinski definition) is 0. The molecule has 0 aromatic heterocycles. The number of likely N-dealkylation sites (N-methyl/N-ethyl adjacent to an activating group) is 1. The Balaban J connectivity index is 3.94. The van der Waals surface area contributed by atoms with Crippen LogP contribution in [0.5, 0.6) is 0 Å². The molecule has 0 radical (unpaired) electrons. The fourth-order valence-electron chi connectivity index (χ4n) is 12.8. The third kappa shape index (κ3) is 80.0. The zero-order valence-corrected chi connectivity index (χ0v) is 65.7. The van der Waals surface area contributed by atoms with Crippen molar-refractivity contribution in [1.82, 2.24) is 0 Å². The minimum Gasteiger partial charge on any atom is -0.545 e. The molecule has 0 bridgehead atoms. The van der Waals surface area contributed by atoms with Crippen LogP contribution in [0.3, 0.4) is 0 Å². The van der Waals surface area contributed by atoms with E-state index in [0.29, 0.717) is 23.9 Å². The van der Waals surface area contributed by atoms with Crippen LogP contribution in [0.15, 0.2) is 72.9 Å². The Morgan fingerprint density at radius 1 is 0.316 bits per heavy atom. The minimum atomic E-state index is -1.62. The lowest BCUT2D eigenvalue weighted by Gasteiger charge is -2.26. The van der Waals surface area contributed by atoms with E-state index in [2.05, 4.69) is 86.8 Å². The molecule has 0 aliphatic heterocycles. The molecule has 0 rings (SSSR count). The predicted octanol–water partition coefficient (Wildman–Crippen LogP) is 26.2. The molecule has 9 nitrogen and oxygen atoms in total. The number of ether oxygens (including phenoxy) is 4. The van der Waals surface area contributed by atoms with Crippen LogP contribution in [0.2, 0.25) is 0 Å². The highest BCUT2D eigenvalue weighted by atomic mass is 16.7. The van der Waals surface area contributed by atoms with E-state index in [9.17, 15) is 19.5 Å². The Kier molecular flexibility index (Phi) is 76.8. The van der Waals surface area contributed by atoms with E-state index in [-0.39, 0.29) is 32.2 Å². The number of carboxylic acids is 1. The smallest absolute Gasteiger partial charge is 0.306 e. The zero-order valence-electron chi connectivity index (χ0n) is 65.7. The first-order valence-electron chi connectivity index (χ1n) is 42.6. The minimum absolute atomic E-state index is 0.148. The molecule has 9 heteroatoms. The second-order valence-electron chi connectivity index (χ2n) is 30.1. The summed E-state index contributed by atoms with van der Waals surface area (Å²) in [6.45, 7) is 4.70. The van der Waals surface area contributed by atoms with Crippen LogP contribution in [-0.4, -0.2) is 82.3 Å². The van der Waals surface area contributed by atoms with Gasteiger partial charge in [0.05, 0.1) is 40.3 Å². The molecule has 0 amide bonds. The second-order valence-corrected chi connectivity index (χ2v) is 30.1. The normalized spacial score (nSPS) is 12.9. The van der Waals surface area contributed by atoms with Gasteiger partial charge in [-0.05, 0) is 64.2 Å². The summed E-state index contributed by atoms with van der Waals surface area (Å²) < 4.78 is 22.9. The van der Waals surface area contributed by atoms with Gasteiger partial charge in [0.15, 0.2) is 12.4 Å². The van der Waals surface area contributed by atoms with Gasteiger partial charge in [0.2, 0.25) is 0 Å². The number of esters is 2. The lowest BCUT2D eigenvalue weighted by atomic mass is 10.0. The van der Waals surface area contributed by atoms with Crippen molar-refractivity contribution in [2.45, 2.75) is 431 Å². The fraction of sp³-hybridized carbons (Fsp3) is 0.831. The largest absolute Gasteiger partial charge is 0.545 e. The summed E-state index contributed by atoms with van der Waals surface area (Å²) >= 11 is 0. The van der Waals surface area contributed by atoms with Crippen LogP contribution in [0.4, 0.5) is 0 Å². The van der Waals surface area contributed by atoms with Gasteiger partial charge in [0.1, 0.15) is 13.2 Å². The zero-order chi connectivity index (χ0) is 71.1. The molecule has 0 saturated carbocycles. The number of allylic oxidation sites excluding steroid dienone is 12. The van der Waals surface area contributed by atoms with Gasteiger partial charge in [-0.3, -0.25) is 9.59 Å². The van der Waals surface area contributed by atoms with E-state index in [1.807, 2.05) is 21.1 Å². The number of hydrogen-bond acceptors (Lipinski definition) is 8. The van der Waals surface area contributed by atoms with Gasteiger partial charge in [-0.15, -0.1) is 0 Å². The molecule has 0 spiro atoms. The quantitative estimate of drug-likeness (QED) is 0.0195. The Morgan fingerprint density at radius 3 is 0.867 bits per heavy atom. The Hall–Kier alpha value is -3.27. The van der Waals surface area contributed by atoms with Crippen LogP contribution in [-0.2, 0) is 33.3 Å². The van der Waals surface area contributed by atoms with Gasteiger partial charge in [0, 0.05) is 12.8 Å². The molecule has 0 aliphatic rings. The van der Waals surface area contributed by atoms with E-state index in [1.54, 1.807) is 0 Å². The predicted molar refractivity (Wildman–Crippen MR) is 421 cm³/mol. The van der Waals surface area contributed by atoms with Crippen molar-refractivity contribution in [3.8, 4) is 0 Å². The Morgan fingerprint density at radius 2 is 0.582 bits per heavy atom. The molecular formula is C89H163NO8. The number of nitrogens with zero attached hydrogens (tertiary/aromatic N) is 1. The highest BCUT2D eigenvalue weighted by Gasteiger charge is 2.22. The Bertz CT molecular complexity index is 1850. The average Bonchev–Trinajstić information content (AvgIpc) is 1.14. The van der Waals surface area contributed by atoms with Crippen LogP contribution in [0, 0.1) is 0 Å². The maximum absolute atomic E-state index is 13.0. The van der Waals surface area contributed by atoms with Gasteiger partial charge in [-0.1, -0.05) is 414 Å². The van der Waals surface area contributed by atoms with Crippen molar-refractivity contribution in [2.75, 3.05) is 47.5 Å². The van der Waals surface area contributed by atoms with Gasteiger partial charge in [-0.2, -0.15) is 0 Å². The molecule has 0 aromatic carbocycles. The van der Waals surface area contributed by atoms with E-state index in [4.69, 9.17) is 18.9 Å². The molecule has 0 aromatic rings. The van der Waals surface area contributed by atoms with Crippen LogP contribution in [0.1, 0.15) is 418 Å². The Labute approximate surface area is 608 Å². The molecule has 0 N–H and O–H groups in total. The average molecular weight is 1380 g/mol. The van der Waals surface area contributed by atoms with Gasteiger partial charge < -0.3 is 33.3 Å². The van der Waals surface area contributed by atoms with Gasteiger partial charge >= 0.3 is 11.9 Å². The van der Waals surface area contributed by atoms with Gasteiger partial charge in [-0.25, -0.2) is 0 Å². The molecule has 0 aliphatic carbocycles. The number of carbonyl (C=O) groups excluding carboxylic acids is 3. The number of carboxylic acid groups (broad SMARTS) is 1. The monoisotopic (exact) mass is 1370 g/mol. The van der Waals surface area contributed by atoms with Crippen LogP contribution < -0.4 is 5.11 Å². The number of quaternary nitrogens is 1. The molecule has 2 unspecified atom stereocenters. The first-order chi connectivity index (χ1) is 48.1. The maximum atomic E-state index is 13.0. The summed E-state index contributed by atoms with van der Waals surface area (Å²) in [6, 6.07) is 0.